The number of hydrogen-bond donors (Lipinski definition) is 2. The number of rotatable bonds is 2. The van der Waals surface area contributed by atoms with E-state index < -0.39 is 18.1 Å². The predicted octanol–water partition coefficient (Wildman–Crippen LogP) is 0.747. The Balaban J connectivity index is 2.12. The second kappa shape index (κ2) is 5.36. The lowest BCUT2D eigenvalue weighted by molar-refractivity contribution is -0.141. The summed E-state index contributed by atoms with van der Waals surface area (Å²) in [4.78, 5) is 26.8. The Hall–Kier alpha value is -1.30. The molecule has 2 fully saturated rings. The molecule has 3 atom stereocenters. The molecule has 19 heavy (non-hydrogen) atoms. The largest absolute Gasteiger partial charge is 0.480 e. The lowest BCUT2D eigenvalue weighted by Crippen LogP contribution is -2.50. The summed E-state index contributed by atoms with van der Waals surface area (Å²) in [5, 5.41) is 18.8. The Morgan fingerprint density at radius 1 is 1.26 bits per heavy atom. The van der Waals surface area contributed by atoms with Crippen molar-refractivity contribution in [3.8, 4) is 0 Å². The Bertz CT molecular complexity index is 372. The van der Waals surface area contributed by atoms with E-state index >= 15 is 0 Å². The molecule has 2 amide bonds. The number of likely N-dealkylation sites (tertiary alicyclic amines) is 2. The second-order valence-electron chi connectivity index (χ2n) is 5.83. The monoisotopic (exact) mass is 270 g/mol. The number of hydrogen-bond acceptors (Lipinski definition) is 3. The van der Waals surface area contributed by atoms with Crippen LogP contribution in [0.4, 0.5) is 4.79 Å². The highest BCUT2D eigenvalue weighted by atomic mass is 16.4. The quantitative estimate of drug-likeness (QED) is 0.775. The van der Waals surface area contributed by atoms with Crippen LogP contribution in [0.25, 0.3) is 0 Å². The van der Waals surface area contributed by atoms with E-state index in [0.717, 1.165) is 12.8 Å². The Kier molecular flexibility index (Phi) is 3.99. The highest BCUT2D eigenvalue weighted by Gasteiger charge is 2.43. The second-order valence-corrected chi connectivity index (χ2v) is 5.83. The highest BCUT2D eigenvalue weighted by molar-refractivity contribution is 5.83. The molecule has 0 aromatic heterocycles. The summed E-state index contributed by atoms with van der Waals surface area (Å²) in [6, 6.07) is -0.948. The number of carbonyl (C=O) groups excluding carboxylic acids is 1. The third-order valence-corrected chi connectivity index (χ3v) is 4.12. The molecule has 2 saturated heterocycles. The maximum Gasteiger partial charge on any atom is 0.326 e. The summed E-state index contributed by atoms with van der Waals surface area (Å²) >= 11 is 0. The number of carboxylic acids is 1. The van der Waals surface area contributed by atoms with Gasteiger partial charge in [-0.2, -0.15) is 0 Å². The van der Waals surface area contributed by atoms with Gasteiger partial charge >= 0.3 is 12.0 Å². The number of carbonyl (C=O) groups is 2. The van der Waals surface area contributed by atoms with E-state index in [4.69, 9.17) is 5.11 Å². The minimum absolute atomic E-state index is 0.122. The van der Waals surface area contributed by atoms with Crippen molar-refractivity contribution in [2.24, 2.45) is 5.92 Å². The molecular weight excluding hydrogens is 248 g/mol. The zero-order valence-electron chi connectivity index (χ0n) is 11.5. The van der Waals surface area contributed by atoms with Gasteiger partial charge in [0.05, 0.1) is 6.10 Å². The zero-order valence-corrected chi connectivity index (χ0v) is 11.5. The molecule has 0 aromatic carbocycles. The molecule has 6 nitrogen and oxygen atoms in total. The average Bonchev–Trinajstić information content (AvgIpc) is 2.93. The van der Waals surface area contributed by atoms with Crippen LogP contribution < -0.4 is 0 Å². The van der Waals surface area contributed by atoms with E-state index in [-0.39, 0.29) is 25.0 Å². The summed E-state index contributed by atoms with van der Waals surface area (Å²) in [5.41, 5.74) is 0. The van der Waals surface area contributed by atoms with Gasteiger partial charge in [-0.15, -0.1) is 0 Å². The van der Waals surface area contributed by atoms with Crippen LogP contribution in [0.5, 0.6) is 0 Å². The van der Waals surface area contributed by atoms with Gasteiger partial charge in [0, 0.05) is 25.6 Å². The molecular formula is C13H22N2O4. The van der Waals surface area contributed by atoms with Crippen molar-refractivity contribution in [1.82, 2.24) is 9.80 Å². The van der Waals surface area contributed by atoms with Crippen molar-refractivity contribution >= 4 is 12.0 Å². The number of urea groups is 1. The number of β-amino-alcohol motifs (C(OH)–C–C–N with tert-alkyl or cyclic N) is 1. The molecule has 2 aliphatic heterocycles. The van der Waals surface area contributed by atoms with E-state index in [2.05, 4.69) is 13.8 Å². The number of aliphatic hydroxyl groups is 1. The number of aliphatic carboxylic acids is 1. The van der Waals surface area contributed by atoms with Gasteiger partial charge in [-0.05, 0) is 18.8 Å². The highest BCUT2D eigenvalue weighted by Crippen LogP contribution is 2.28. The van der Waals surface area contributed by atoms with Crippen molar-refractivity contribution in [1.29, 1.82) is 0 Å². The smallest absolute Gasteiger partial charge is 0.326 e. The van der Waals surface area contributed by atoms with Crippen LogP contribution in [-0.4, -0.2) is 63.3 Å². The van der Waals surface area contributed by atoms with Crippen molar-refractivity contribution < 1.29 is 19.8 Å². The molecule has 0 saturated carbocycles. The molecule has 6 heteroatoms. The first-order valence-electron chi connectivity index (χ1n) is 6.90. The SMILES string of the molecule is CC(C)C1CCCN1C(=O)N1CC(O)C[C@@H]1C(=O)O. The normalized spacial score (nSPS) is 31.3. The molecule has 108 valence electrons. The lowest BCUT2D eigenvalue weighted by atomic mass is 10.0. The number of aliphatic hydroxyl groups excluding tert-OH is 1. The number of amides is 2. The molecule has 0 radical (unpaired) electrons. The van der Waals surface area contributed by atoms with Gasteiger partial charge in [-0.25, -0.2) is 9.59 Å². The minimum Gasteiger partial charge on any atom is -0.480 e. The molecule has 2 aliphatic rings. The standard InChI is InChI=1S/C13H22N2O4/c1-8(2)10-4-3-5-14(10)13(19)15-7-9(16)6-11(15)12(17)18/h8-11,16H,3-7H2,1-2H3,(H,17,18)/t9?,10?,11-/m1/s1. The fourth-order valence-corrected chi connectivity index (χ4v) is 3.15. The van der Waals surface area contributed by atoms with Gasteiger partial charge in [0.15, 0.2) is 0 Å². The van der Waals surface area contributed by atoms with Gasteiger partial charge in [0.2, 0.25) is 0 Å². The van der Waals surface area contributed by atoms with Crippen LogP contribution in [0, 0.1) is 5.92 Å². The fourth-order valence-electron chi connectivity index (χ4n) is 3.15. The molecule has 0 spiro atoms. The first-order valence-corrected chi connectivity index (χ1v) is 6.90. The van der Waals surface area contributed by atoms with Crippen LogP contribution >= 0.6 is 0 Å². The molecule has 0 aromatic rings. The van der Waals surface area contributed by atoms with E-state index in [1.165, 1.54) is 4.90 Å². The van der Waals surface area contributed by atoms with E-state index in [0.29, 0.717) is 12.5 Å². The summed E-state index contributed by atoms with van der Waals surface area (Å²) < 4.78 is 0. The topological polar surface area (TPSA) is 81.1 Å². The first-order chi connectivity index (χ1) is 8.91. The third kappa shape index (κ3) is 2.68. The van der Waals surface area contributed by atoms with Gasteiger partial charge in [0.1, 0.15) is 6.04 Å². The Morgan fingerprint density at radius 2 is 1.95 bits per heavy atom. The maximum absolute atomic E-state index is 12.5. The minimum atomic E-state index is -1.04. The number of carboxylic acid groups (broad SMARTS) is 1. The van der Waals surface area contributed by atoms with Crippen LogP contribution in [0.1, 0.15) is 33.1 Å². The average molecular weight is 270 g/mol. The molecule has 2 rings (SSSR count). The lowest BCUT2D eigenvalue weighted by Gasteiger charge is -2.33. The van der Waals surface area contributed by atoms with Crippen LogP contribution in [-0.2, 0) is 4.79 Å². The Labute approximate surface area is 113 Å². The molecule has 0 bridgehead atoms. The predicted molar refractivity (Wildman–Crippen MR) is 68.7 cm³/mol. The van der Waals surface area contributed by atoms with Crippen LogP contribution in [0.2, 0.25) is 0 Å². The van der Waals surface area contributed by atoms with Crippen molar-refractivity contribution in [2.45, 2.75) is 51.3 Å². The van der Waals surface area contributed by atoms with Crippen LogP contribution in [0.15, 0.2) is 0 Å². The van der Waals surface area contributed by atoms with Gasteiger partial charge < -0.3 is 20.0 Å². The Morgan fingerprint density at radius 3 is 2.53 bits per heavy atom. The van der Waals surface area contributed by atoms with Gasteiger partial charge in [0.25, 0.3) is 0 Å². The summed E-state index contributed by atoms with van der Waals surface area (Å²) in [6.45, 7) is 4.95. The molecule has 2 N–H and O–H groups in total. The summed E-state index contributed by atoms with van der Waals surface area (Å²) in [6.07, 6.45) is 1.33. The third-order valence-electron chi connectivity index (χ3n) is 4.12. The maximum atomic E-state index is 12.5. The molecule has 2 unspecified atom stereocenters. The number of nitrogens with zero attached hydrogens (tertiary/aromatic N) is 2. The van der Waals surface area contributed by atoms with Crippen LogP contribution in [0.3, 0.4) is 0 Å². The summed E-state index contributed by atoms with van der Waals surface area (Å²) in [5.74, 6) is -0.674. The molecule has 0 aliphatic carbocycles. The van der Waals surface area contributed by atoms with E-state index in [1.807, 2.05) is 0 Å². The van der Waals surface area contributed by atoms with Gasteiger partial charge in [-0.1, -0.05) is 13.8 Å². The van der Waals surface area contributed by atoms with Crippen molar-refractivity contribution in [3.63, 3.8) is 0 Å². The van der Waals surface area contributed by atoms with Crippen molar-refractivity contribution in [3.05, 3.63) is 0 Å². The van der Waals surface area contributed by atoms with Gasteiger partial charge in [-0.3, -0.25) is 0 Å². The first kappa shape index (κ1) is 14.1. The molecule has 2 heterocycles. The van der Waals surface area contributed by atoms with Crippen molar-refractivity contribution in [2.75, 3.05) is 13.1 Å². The van der Waals surface area contributed by atoms with E-state index in [9.17, 15) is 14.7 Å². The van der Waals surface area contributed by atoms with E-state index in [1.54, 1.807) is 4.90 Å². The fraction of sp³-hybridized carbons (Fsp3) is 0.846. The zero-order chi connectivity index (χ0) is 14.2. The summed E-state index contributed by atoms with van der Waals surface area (Å²) in [7, 11) is 0.